The quantitative estimate of drug-likeness (QED) is 0.804. The maximum absolute atomic E-state index is 12.1. The number of carbonyl (C=O) groups excluding carboxylic acids is 1. The average molecular weight is 377 g/mol. The number of rotatable bonds is 5. The Labute approximate surface area is 143 Å². The Bertz CT molecular complexity index is 702. The maximum atomic E-state index is 12.1. The van der Waals surface area contributed by atoms with Crippen molar-refractivity contribution in [3.05, 3.63) is 52.6 Å². The van der Waals surface area contributed by atoms with E-state index in [2.05, 4.69) is 20.9 Å². The van der Waals surface area contributed by atoms with E-state index in [1.54, 1.807) is 11.1 Å². The third-order valence-electron chi connectivity index (χ3n) is 3.56. The summed E-state index contributed by atoms with van der Waals surface area (Å²) in [5.74, 6) is 1.23. The van der Waals surface area contributed by atoms with Crippen molar-refractivity contribution in [2.45, 2.75) is 13.0 Å². The number of ether oxygens (including phenoxy) is 2. The first-order chi connectivity index (χ1) is 11.1. The van der Waals surface area contributed by atoms with Gasteiger partial charge in [0.25, 0.3) is 5.91 Å². The molecule has 120 valence electrons. The molecule has 0 radical (unpaired) electrons. The number of carbonyl (C=O) groups is 1. The maximum Gasteiger partial charge on any atom is 0.260 e. The molecule has 0 unspecified atom stereocenters. The highest BCUT2D eigenvalue weighted by molar-refractivity contribution is 9.10. The van der Waals surface area contributed by atoms with E-state index >= 15 is 0 Å². The van der Waals surface area contributed by atoms with Gasteiger partial charge in [-0.05, 0) is 52.7 Å². The molecule has 23 heavy (non-hydrogen) atoms. The molecule has 0 atom stereocenters. The molecule has 1 aromatic carbocycles. The van der Waals surface area contributed by atoms with Gasteiger partial charge in [-0.1, -0.05) is 12.1 Å². The molecular weight excluding hydrogens is 360 g/mol. The zero-order valence-electron chi connectivity index (χ0n) is 12.7. The molecule has 1 aromatic heterocycles. The molecule has 0 bridgehead atoms. The number of amides is 1. The van der Waals surface area contributed by atoms with E-state index in [1.807, 2.05) is 43.3 Å². The third-order valence-corrected chi connectivity index (χ3v) is 4.16. The van der Waals surface area contributed by atoms with Gasteiger partial charge in [-0.15, -0.1) is 0 Å². The van der Waals surface area contributed by atoms with Crippen LogP contribution in [-0.2, 0) is 4.79 Å². The Morgan fingerprint density at radius 2 is 2.17 bits per heavy atom. The fourth-order valence-electron chi connectivity index (χ4n) is 2.27. The van der Waals surface area contributed by atoms with Crippen molar-refractivity contribution in [1.82, 2.24) is 9.88 Å². The molecule has 2 aromatic rings. The van der Waals surface area contributed by atoms with E-state index in [4.69, 9.17) is 9.47 Å². The molecule has 1 amide bonds. The molecule has 2 heterocycles. The van der Waals surface area contributed by atoms with Gasteiger partial charge in [-0.3, -0.25) is 4.79 Å². The highest BCUT2D eigenvalue weighted by Gasteiger charge is 2.33. The van der Waals surface area contributed by atoms with Crippen LogP contribution in [0.15, 0.2) is 47.1 Å². The first-order valence-corrected chi connectivity index (χ1v) is 8.15. The first kappa shape index (κ1) is 15.8. The number of hydrogen-bond donors (Lipinski definition) is 0. The van der Waals surface area contributed by atoms with Gasteiger partial charge in [0.2, 0.25) is 5.88 Å². The van der Waals surface area contributed by atoms with Crippen LogP contribution in [-0.4, -0.2) is 41.6 Å². The molecule has 5 nitrogen and oxygen atoms in total. The van der Waals surface area contributed by atoms with Crippen molar-refractivity contribution in [2.75, 3.05) is 19.7 Å². The molecule has 1 saturated heterocycles. The molecule has 0 N–H and O–H groups in total. The van der Waals surface area contributed by atoms with Gasteiger partial charge >= 0.3 is 0 Å². The fourth-order valence-corrected chi connectivity index (χ4v) is 2.62. The van der Waals surface area contributed by atoms with Crippen molar-refractivity contribution < 1.29 is 14.3 Å². The van der Waals surface area contributed by atoms with Gasteiger partial charge < -0.3 is 14.4 Å². The first-order valence-electron chi connectivity index (χ1n) is 7.36. The van der Waals surface area contributed by atoms with Crippen LogP contribution in [0, 0.1) is 6.92 Å². The normalized spacial score (nSPS) is 14.3. The summed E-state index contributed by atoms with van der Waals surface area (Å²) in [6, 6.07) is 11.4. The van der Waals surface area contributed by atoms with Crippen LogP contribution in [0.5, 0.6) is 11.6 Å². The second kappa shape index (κ2) is 7.00. The topological polar surface area (TPSA) is 51.7 Å². The van der Waals surface area contributed by atoms with Crippen LogP contribution in [0.1, 0.15) is 5.56 Å². The predicted molar refractivity (Wildman–Crippen MR) is 89.6 cm³/mol. The van der Waals surface area contributed by atoms with Crippen LogP contribution < -0.4 is 9.47 Å². The minimum atomic E-state index is -0.0357. The molecule has 0 aliphatic carbocycles. The fraction of sp³-hybridized carbons (Fsp3) is 0.294. The second-order valence-electron chi connectivity index (χ2n) is 5.43. The van der Waals surface area contributed by atoms with Gasteiger partial charge in [0.05, 0.1) is 17.6 Å². The van der Waals surface area contributed by atoms with Crippen molar-refractivity contribution in [2.24, 2.45) is 0 Å². The van der Waals surface area contributed by atoms with Gasteiger partial charge in [0, 0.05) is 6.20 Å². The summed E-state index contributed by atoms with van der Waals surface area (Å²) in [6.45, 7) is 3.14. The van der Waals surface area contributed by atoms with Crippen molar-refractivity contribution in [3.63, 3.8) is 0 Å². The van der Waals surface area contributed by atoms with E-state index in [0.717, 1.165) is 10.0 Å². The minimum Gasteiger partial charge on any atom is -0.484 e. The second-order valence-corrected chi connectivity index (χ2v) is 6.29. The zero-order chi connectivity index (χ0) is 16.2. The SMILES string of the molecule is Cc1cccc(OCC(=O)N2CC(Oc3ncccc3Br)C2)c1. The Kier molecular flexibility index (Phi) is 4.81. The number of pyridine rings is 1. The van der Waals surface area contributed by atoms with Crippen molar-refractivity contribution in [1.29, 1.82) is 0 Å². The van der Waals surface area contributed by atoms with Gasteiger partial charge in [0.15, 0.2) is 6.61 Å². The van der Waals surface area contributed by atoms with Crippen LogP contribution in [0.25, 0.3) is 0 Å². The highest BCUT2D eigenvalue weighted by Crippen LogP contribution is 2.24. The van der Waals surface area contributed by atoms with Crippen LogP contribution >= 0.6 is 15.9 Å². The van der Waals surface area contributed by atoms with Crippen LogP contribution in [0.2, 0.25) is 0 Å². The Hall–Kier alpha value is -2.08. The minimum absolute atomic E-state index is 0.0240. The summed E-state index contributed by atoms with van der Waals surface area (Å²) in [6.07, 6.45) is 1.65. The smallest absolute Gasteiger partial charge is 0.260 e. The monoisotopic (exact) mass is 376 g/mol. The summed E-state index contributed by atoms with van der Waals surface area (Å²) < 4.78 is 12.1. The van der Waals surface area contributed by atoms with Gasteiger partial charge in [-0.2, -0.15) is 0 Å². The summed E-state index contributed by atoms with van der Waals surface area (Å²) in [4.78, 5) is 17.9. The van der Waals surface area contributed by atoms with Crippen molar-refractivity contribution >= 4 is 21.8 Å². The molecular formula is C17H17BrN2O3. The zero-order valence-corrected chi connectivity index (χ0v) is 14.3. The van der Waals surface area contributed by atoms with E-state index in [-0.39, 0.29) is 18.6 Å². The lowest BCUT2D eigenvalue weighted by Gasteiger charge is -2.38. The number of hydrogen-bond acceptors (Lipinski definition) is 4. The molecule has 0 spiro atoms. The Balaban J connectivity index is 1.44. The standard InChI is InChI=1S/C17H17BrN2O3/c1-12-4-2-5-13(8-12)22-11-16(21)20-9-14(10-20)23-17-15(18)6-3-7-19-17/h2-8,14H,9-11H2,1H3. The molecule has 0 saturated carbocycles. The number of aromatic nitrogens is 1. The molecule has 1 fully saturated rings. The number of likely N-dealkylation sites (tertiary alicyclic amines) is 1. The summed E-state index contributed by atoms with van der Waals surface area (Å²) in [7, 11) is 0. The van der Waals surface area contributed by atoms with E-state index in [9.17, 15) is 4.79 Å². The molecule has 3 rings (SSSR count). The molecule has 1 aliphatic heterocycles. The van der Waals surface area contributed by atoms with E-state index < -0.39 is 0 Å². The summed E-state index contributed by atoms with van der Waals surface area (Å²) >= 11 is 3.39. The van der Waals surface area contributed by atoms with E-state index in [0.29, 0.717) is 24.7 Å². The lowest BCUT2D eigenvalue weighted by molar-refractivity contribution is -0.142. The number of nitrogens with zero attached hydrogens (tertiary/aromatic N) is 2. The number of halogens is 1. The predicted octanol–water partition coefficient (Wildman–Crippen LogP) is 2.82. The van der Waals surface area contributed by atoms with Crippen LogP contribution in [0.3, 0.4) is 0 Å². The van der Waals surface area contributed by atoms with E-state index in [1.165, 1.54) is 0 Å². The lowest BCUT2D eigenvalue weighted by atomic mass is 10.1. The average Bonchev–Trinajstić information content (AvgIpc) is 2.50. The van der Waals surface area contributed by atoms with Gasteiger partial charge in [-0.25, -0.2) is 4.98 Å². The molecule has 1 aliphatic rings. The molecule has 6 heteroatoms. The number of aryl methyl sites for hydroxylation is 1. The Morgan fingerprint density at radius 3 is 2.91 bits per heavy atom. The lowest BCUT2D eigenvalue weighted by Crippen LogP contribution is -2.57. The Morgan fingerprint density at radius 1 is 1.35 bits per heavy atom. The largest absolute Gasteiger partial charge is 0.484 e. The third kappa shape index (κ3) is 4.01. The van der Waals surface area contributed by atoms with Gasteiger partial charge in [0.1, 0.15) is 11.9 Å². The summed E-state index contributed by atoms with van der Waals surface area (Å²) in [5.41, 5.74) is 1.10. The van der Waals surface area contributed by atoms with Crippen molar-refractivity contribution in [3.8, 4) is 11.6 Å². The summed E-state index contributed by atoms with van der Waals surface area (Å²) in [5, 5.41) is 0. The highest BCUT2D eigenvalue weighted by atomic mass is 79.9. The van der Waals surface area contributed by atoms with Crippen LogP contribution in [0.4, 0.5) is 0 Å². The number of benzene rings is 1.